The number of nitrogens with zero attached hydrogens (tertiary/aromatic N) is 2. The molecule has 0 amide bonds. The van der Waals surface area contributed by atoms with Gasteiger partial charge in [0.25, 0.3) is 0 Å². The zero-order valence-corrected chi connectivity index (χ0v) is 11.2. The second kappa shape index (κ2) is 4.31. The molecule has 102 valence electrons. The fourth-order valence-electron chi connectivity index (χ4n) is 2.88. The summed E-state index contributed by atoms with van der Waals surface area (Å²) in [5.74, 6) is -0.927. The third-order valence-electron chi connectivity index (χ3n) is 3.87. The van der Waals surface area contributed by atoms with Crippen molar-refractivity contribution in [3.05, 3.63) is 71.5 Å². The van der Waals surface area contributed by atoms with Gasteiger partial charge in [0.15, 0.2) is 0 Å². The lowest BCUT2D eigenvalue weighted by Crippen LogP contribution is -2.04. The first-order chi connectivity index (χ1) is 10.2. The molecule has 4 nitrogen and oxygen atoms in total. The molecule has 0 atom stereocenters. The van der Waals surface area contributed by atoms with Gasteiger partial charge in [-0.05, 0) is 29.3 Å². The van der Waals surface area contributed by atoms with Gasteiger partial charge in [-0.15, -0.1) is 0 Å². The van der Waals surface area contributed by atoms with E-state index in [4.69, 9.17) is 5.11 Å². The molecule has 3 aromatic rings. The summed E-state index contributed by atoms with van der Waals surface area (Å²) in [6, 6.07) is 15.1. The van der Waals surface area contributed by atoms with Crippen LogP contribution >= 0.6 is 0 Å². The van der Waals surface area contributed by atoms with Crippen LogP contribution in [0.15, 0.2) is 54.7 Å². The van der Waals surface area contributed by atoms with Crippen molar-refractivity contribution >= 4 is 5.97 Å². The molecule has 1 N–H and O–H groups in total. The number of aromatic carboxylic acids is 1. The monoisotopic (exact) mass is 276 g/mol. The summed E-state index contributed by atoms with van der Waals surface area (Å²) in [4.78, 5) is 11.1. The van der Waals surface area contributed by atoms with E-state index in [0.29, 0.717) is 0 Å². The fourth-order valence-corrected chi connectivity index (χ4v) is 2.88. The van der Waals surface area contributed by atoms with Crippen molar-refractivity contribution in [3.8, 4) is 16.8 Å². The van der Waals surface area contributed by atoms with Crippen LogP contribution in [0.3, 0.4) is 0 Å². The van der Waals surface area contributed by atoms with Crippen LogP contribution in [0.1, 0.15) is 21.6 Å². The van der Waals surface area contributed by atoms with Gasteiger partial charge in [0, 0.05) is 12.0 Å². The number of benzene rings is 2. The van der Waals surface area contributed by atoms with Crippen LogP contribution in [0, 0.1) is 0 Å². The summed E-state index contributed by atoms with van der Waals surface area (Å²) in [5, 5.41) is 13.5. The smallest absolute Gasteiger partial charge is 0.335 e. The maximum absolute atomic E-state index is 11.1. The van der Waals surface area contributed by atoms with Crippen molar-refractivity contribution in [3.63, 3.8) is 0 Å². The van der Waals surface area contributed by atoms with Gasteiger partial charge < -0.3 is 5.11 Å². The average molecular weight is 276 g/mol. The number of fused-ring (bicyclic) bond motifs is 3. The van der Waals surface area contributed by atoms with Gasteiger partial charge in [-0.25, -0.2) is 9.48 Å². The first kappa shape index (κ1) is 11.9. The van der Waals surface area contributed by atoms with Crippen molar-refractivity contribution in [2.45, 2.75) is 6.42 Å². The predicted octanol–water partition coefficient (Wildman–Crippen LogP) is 3.14. The normalized spacial score (nSPS) is 12.0. The van der Waals surface area contributed by atoms with Crippen LogP contribution < -0.4 is 0 Å². The minimum Gasteiger partial charge on any atom is -0.478 e. The molecule has 0 bridgehead atoms. The Labute approximate surface area is 121 Å². The van der Waals surface area contributed by atoms with Crippen molar-refractivity contribution in [1.29, 1.82) is 0 Å². The first-order valence-electron chi connectivity index (χ1n) is 6.73. The lowest BCUT2D eigenvalue weighted by atomic mass is 10.1. The lowest BCUT2D eigenvalue weighted by molar-refractivity contribution is 0.0697. The third kappa shape index (κ3) is 1.76. The average Bonchev–Trinajstić information content (AvgIpc) is 3.06. The lowest BCUT2D eigenvalue weighted by Gasteiger charge is -2.06. The number of hydrogen-bond acceptors (Lipinski definition) is 2. The molecule has 0 spiro atoms. The van der Waals surface area contributed by atoms with E-state index in [1.54, 1.807) is 18.2 Å². The van der Waals surface area contributed by atoms with E-state index in [9.17, 15) is 4.79 Å². The molecule has 0 fully saturated rings. The van der Waals surface area contributed by atoms with Gasteiger partial charge in [-0.2, -0.15) is 5.10 Å². The highest BCUT2D eigenvalue weighted by molar-refractivity contribution is 5.88. The summed E-state index contributed by atoms with van der Waals surface area (Å²) >= 11 is 0. The second-order valence-electron chi connectivity index (χ2n) is 5.11. The van der Waals surface area contributed by atoms with Gasteiger partial charge >= 0.3 is 5.97 Å². The van der Waals surface area contributed by atoms with E-state index in [-0.39, 0.29) is 5.56 Å². The molecule has 0 saturated carbocycles. The summed E-state index contributed by atoms with van der Waals surface area (Å²) in [7, 11) is 0. The molecule has 21 heavy (non-hydrogen) atoms. The van der Waals surface area contributed by atoms with Crippen LogP contribution in [0.4, 0.5) is 0 Å². The maximum Gasteiger partial charge on any atom is 0.335 e. The van der Waals surface area contributed by atoms with Crippen LogP contribution in [-0.4, -0.2) is 20.9 Å². The molecule has 2 aromatic carbocycles. The largest absolute Gasteiger partial charge is 0.478 e. The first-order valence-corrected chi connectivity index (χ1v) is 6.73. The van der Waals surface area contributed by atoms with E-state index in [1.165, 1.54) is 11.1 Å². The number of carboxylic acids is 1. The molecule has 0 radical (unpaired) electrons. The van der Waals surface area contributed by atoms with Gasteiger partial charge in [-0.1, -0.05) is 30.3 Å². The number of carbonyl (C=O) groups is 1. The summed E-state index contributed by atoms with van der Waals surface area (Å²) in [6.07, 6.45) is 2.68. The number of carboxylic acid groups (broad SMARTS) is 1. The van der Waals surface area contributed by atoms with Crippen molar-refractivity contribution < 1.29 is 9.90 Å². The second-order valence-corrected chi connectivity index (χ2v) is 5.11. The molecule has 1 aromatic heterocycles. The molecular weight excluding hydrogens is 264 g/mol. The maximum atomic E-state index is 11.1. The van der Waals surface area contributed by atoms with Gasteiger partial charge in [0.1, 0.15) is 0 Å². The Morgan fingerprint density at radius 1 is 1.10 bits per heavy atom. The minimum atomic E-state index is -0.927. The molecule has 0 aliphatic heterocycles. The number of aromatic nitrogens is 2. The SMILES string of the molecule is O=C(O)c1cccc(-n2ncc3c2Cc2ccccc2-3)c1. The Morgan fingerprint density at radius 3 is 2.81 bits per heavy atom. The molecule has 1 aliphatic rings. The van der Waals surface area contributed by atoms with Crippen LogP contribution in [0.2, 0.25) is 0 Å². The molecule has 0 saturated heterocycles. The molecule has 4 rings (SSSR count). The van der Waals surface area contributed by atoms with Crippen molar-refractivity contribution in [2.24, 2.45) is 0 Å². The van der Waals surface area contributed by atoms with E-state index in [1.807, 2.05) is 29.1 Å². The van der Waals surface area contributed by atoms with Crippen molar-refractivity contribution in [2.75, 3.05) is 0 Å². The molecule has 4 heteroatoms. The van der Waals surface area contributed by atoms with E-state index in [0.717, 1.165) is 23.4 Å². The van der Waals surface area contributed by atoms with Crippen LogP contribution in [0.25, 0.3) is 16.8 Å². The zero-order chi connectivity index (χ0) is 14.4. The topological polar surface area (TPSA) is 55.1 Å². The van der Waals surface area contributed by atoms with Crippen LogP contribution in [-0.2, 0) is 6.42 Å². The summed E-state index contributed by atoms with van der Waals surface area (Å²) < 4.78 is 1.84. The Hall–Kier alpha value is -2.88. The van der Waals surface area contributed by atoms with E-state index >= 15 is 0 Å². The molecule has 0 unspecified atom stereocenters. The Morgan fingerprint density at radius 2 is 1.95 bits per heavy atom. The zero-order valence-electron chi connectivity index (χ0n) is 11.2. The van der Waals surface area contributed by atoms with Gasteiger partial charge in [0.2, 0.25) is 0 Å². The van der Waals surface area contributed by atoms with E-state index in [2.05, 4.69) is 17.2 Å². The highest BCUT2D eigenvalue weighted by Gasteiger charge is 2.23. The molecule has 1 heterocycles. The quantitative estimate of drug-likeness (QED) is 0.612. The molecule has 1 aliphatic carbocycles. The predicted molar refractivity (Wildman–Crippen MR) is 78.8 cm³/mol. The van der Waals surface area contributed by atoms with Gasteiger partial charge in [0.05, 0.1) is 23.1 Å². The number of rotatable bonds is 2. The summed E-state index contributed by atoms with van der Waals surface area (Å²) in [6.45, 7) is 0. The van der Waals surface area contributed by atoms with Crippen molar-refractivity contribution in [1.82, 2.24) is 9.78 Å². The highest BCUT2D eigenvalue weighted by Crippen LogP contribution is 2.37. The minimum absolute atomic E-state index is 0.271. The third-order valence-corrected chi connectivity index (χ3v) is 3.87. The summed E-state index contributed by atoms with van der Waals surface area (Å²) in [5.41, 5.74) is 5.79. The van der Waals surface area contributed by atoms with E-state index < -0.39 is 5.97 Å². The Kier molecular flexibility index (Phi) is 2.44. The van der Waals surface area contributed by atoms with Crippen LogP contribution in [0.5, 0.6) is 0 Å². The Balaban J connectivity index is 1.85. The number of hydrogen-bond donors (Lipinski definition) is 1. The highest BCUT2D eigenvalue weighted by atomic mass is 16.4. The Bertz CT molecular complexity index is 865. The standard InChI is InChI=1S/C17H12N2O2/c20-17(21)12-5-3-6-13(8-12)19-16-9-11-4-1-2-7-14(11)15(16)10-18-19/h1-8,10H,9H2,(H,20,21). The van der Waals surface area contributed by atoms with Gasteiger partial charge in [-0.3, -0.25) is 0 Å². The molecular formula is C17H12N2O2. The fraction of sp³-hybridized carbons (Fsp3) is 0.0588.